The number of aromatic carboxylic acids is 1. The zero-order chi connectivity index (χ0) is 10.8. The molecule has 15 heavy (non-hydrogen) atoms. The predicted octanol–water partition coefficient (Wildman–Crippen LogP) is 2.09. The Labute approximate surface area is 90.0 Å². The van der Waals surface area contributed by atoms with E-state index >= 15 is 0 Å². The lowest BCUT2D eigenvalue weighted by Gasteiger charge is -1.97. The molecular formula is C10H8N2O2S. The van der Waals surface area contributed by atoms with Crippen molar-refractivity contribution < 1.29 is 9.90 Å². The van der Waals surface area contributed by atoms with Gasteiger partial charge in [-0.2, -0.15) is 0 Å². The van der Waals surface area contributed by atoms with E-state index in [4.69, 9.17) is 10.8 Å². The summed E-state index contributed by atoms with van der Waals surface area (Å²) in [7, 11) is 0. The van der Waals surface area contributed by atoms with Crippen molar-refractivity contribution in [3.05, 3.63) is 35.5 Å². The lowest BCUT2D eigenvalue weighted by atomic mass is 10.2. The minimum absolute atomic E-state index is 0.312. The normalized spacial score (nSPS) is 10.1. The predicted molar refractivity (Wildman–Crippen MR) is 58.9 cm³/mol. The third kappa shape index (κ3) is 1.97. The van der Waals surface area contributed by atoms with E-state index < -0.39 is 5.97 Å². The molecule has 0 amide bonds. The van der Waals surface area contributed by atoms with Gasteiger partial charge in [-0.3, -0.25) is 4.98 Å². The molecular weight excluding hydrogens is 212 g/mol. The molecule has 0 atom stereocenters. The molecule has 0 fully saturated rings. The standard InChI is InChI=1S/C10H8N2O2S/c11-7-3-6(4-12-5-7)8-1-2-9(15-8)10(13)14/h1-5H,11H2,(H,13,14). The number of thiophene rings is 1. The van der Waals surface area contributed by atoms with Crippen LogP contribution < -0.4 is 5.73 Å². The first-order valence-electron chi connectivity index (χ1n) is 4.21. The minimum atomic E-state index is -0.914. The Balaban J connectivity index is 2.41. The van der Waals surface area contributed by atoms with Crippen LogP contribution in [-0.4, -0.2) is 16.1 Å². The summed E-state index contributed by atoms with van der Waals surface area (Å²) in [6, 6.07) is 5.10. The SMILES string of the molecule is Nc1cncc(-c2ccc(C(=O)O)s2)c1. The fraction of sp³-hybridized carbons (Fsp3) is 0. The van der Waals surface area contributed by atoms with Gasteiger partial charge in [-0.15, -0.1) is 11.3 Å². The first kappa shape index (κ1) is 9.67. The van der Waals surface area contributed by atoms with E-state index in [9.17, 15) is 4.79 Å². The van der Waals surface area contributed by atoms with Crippen LogP contribution in [0.25, 0.3) is 10.4 Å². The van der Waals surface area contributed by atoms with E-state index in [1.165, 1.54) is 11.3 Å². The van der Waals surface area contributed by atoms with Gasteiger partial charge in [-0.1, -0.05) is 0 Å². The van der Waals surface area contributed by atoms with E-state index in [-0.39, 0.29) is 0 Å². The molecule has 0 unspecified atom stereocenters. The van der Waals surface area contributed by atoms with Crippen LogP contribution in [0.4, 0.5) is 5.69 Å². The van der Waals surface area contributed by atoms with E-state index in [0.29, 0.717) is 10.6 Å². The van der Waals surface area contributed by atoms with Crippen LogP contribution in [0.15, 0.2) is 30.6 Å². The number of hydrogen-bond donors (Lipinski definition) is 2. The zero-order valence-electron chi connectivity index (χ0n) is 7.68. The number of nitrogen functional groups attached to an aromatic ring is 1. The molecule has 2 aromatic rings. The van der Waals surface area contributed by atoms with Gasteiger partial charge in [0, 0.05) is 22.8 Å². The largest absolute Gasteiger partial charge is 0.477 e. The molecule has 0 aliphatic rings. The maximum atomic E-state index is 10.7. The van der Waals surface area contributed by atoms with Crippen molar-refractivity contribution in [1.29, 1.82) is 0 Å². The third-order valence-electron chi connectivity index (χ3n) is 1.86. The number of nitrogens with zero attached hydrogens (tertiary/aromatic N) is 1. The Bertz CT molecular complexity index is 508. The van der Waals surface area contributed by atoms with Gasteiger partial charge in [0.1, 0.15) is 4.88 Å². The molecule has 2 rings (SSSR count). The second kappa shape index (κ2) is 3.70. The Morgan fingerprint density at radius 1 is 1.40 bits per heavy atom. The van der Waals surface area contributed by atoms with Crippen LogP contribution in [0.5, 0.6) is 0 Å². The molecule has 0 saturated carbocycles. The highest BCUT2D eigenvalue weighted by atomic mass is 32.1. The van der Waals surface area contributed by atoms with E-state index in [1.54, 1.807) is 30.6 Å². The Morgan fingerprint density at radius 3 is 2.80 bits per heavy atom. The fourth-order valence-electron chi connectivity index (χ4n) is 1.20. The smallest absolute Gasteiger partial charge is 0.345 e. The van der Waals surface area contributed by atoms with Gasteiger partial charge in [0.15, 0.2) is 0 Å². The lowest BCUT2D eigenvalue weighted by Crippen LogP contribution is -1.89. The van der Waals surface area contributed by atoms with Gasteiger partial charge >= 0.3 is 5.97 Å². The zero-order valence-corrected chi connectivity index (χ0v) is 8.49. The topological polar surface area (TPSA) is 76.2 Å². The quantitative estimate of drug-likeness (QED) is 0.812. The number of carboxylic acid groups (broad SMARTS) is 1. The van der Waals surface area contributed by atoms with Crippen molar-refractivity contribution in [2.75, 3.05) is 5.73 Å². The number of pyridine rings is 1. The van der Waals surface area contributed by atoms with Crippen molar-refractivity contribution >= 4 is 23.0 Å². The van der Waals surface area contributed by atoms with Crippen molar-refractivity contribution in [3.63, 3.8) is 0 Å². The van der Waals surface area contributed by atoms with Gasteiger partial charge in [0.2, 0.25) is 0 Å². The first-order chi connectivity index (χ1) is 7.16. The molecule has 0 aromatic carbocycles. The summed E-state index contributed by atoms with van der Waals surface area (Å²) >= 11 is 1.21. The average molecular weight is 220 g/mol. The molecule has 4 nitrogen and oxygen atoms in total. The number of anilines is 1. The van der Waals surface area contributed by atoms with Crippen LogP contribution in [-0.2, 0) is 0 Å². The summed E-state index contributed by atoms with van der Waals surface area (Å²) in [5.41, 5.74) is 7.00. The van der Waals surface area contributed by atoms with Crippen LogP contribution in [0.2, 0.25) is 0 Å². The van der Waals surface area contributed by atoms with E-state index in [0.717, 1.165) is 10.4 Å². The van der Waals surface area contributed by atoms with Crippen LogP contribution in [0.1, 0.15) is 9.67 Å². The number of rotatable bonds is 2. The highest BCUT2D eigenvalue weighted by Crippen LogP contribution is 2.28. The monoisotopic (exact) mass is 220 g/mol. The van der Waals surface area contributed by atoms with Crippen molar-refractivity contribution in [2.45, 2.75) is 0 Å². The number of hydrogen-bond acceptors (Lipinski definition) is 4. The highest BCUT2D eigenvalue weighted by molar-refractivity contribution is 7.17. The number of nitrogens with two attached hydrogens (primary N) is 1. The summed E-state index contributed by atoms with van der Waals surface area (Å²) in [5, 5.41) is 8.77. The highest BCUT2D eigenvalue weighted by Gasteiger charge is 2.08. The minimum Gasteiger partial charge on any atom is -0.477 e. The summed E-state index contributed by atoms with van der Waals surface area (Å²) < 4.78 is 0. The lowest BCUT2D eigenvalue weighted by molar-refractivity contribution is 0.0702. The molecule has 0 spiro atoms. The number of aromatic nitrogens is 1. The van der Waals surface area contributed by atoms with Gasteiger partial charge in [0.25, 0.3) is 0 Å². The molecule has 3 N–H and O–H groups in total. The molecule has 0 saturated heterocycles. The Kier molecular flexibility index (Phi) is 2.39. The van der Waals surface area contributed by atoms with E-state index in [1.807, 2.05) is 0 Å². The maximum absolute atomic E-state index is 10.7. The third-order valence-corrected chi connectivity index (χ3v) is 2.98. The summed E-state index contributed by atoms with van der Waals surface area (Å²) in [6.45, 7) is 0. The van der Waals surface area contributed by atoms with Crippen LogP contribution >= 0.6 is 11.3 Å². The van der Waals surface area contributed by atoms with E-state index in [2.05, 4.69) is 4.98 Å². The van der Waals surface area contributed by atoms with Crippen LogP contribution in [0.3, 0.4) is 0 Å². The molecule has 0 aliphatic carbocycles. The second-order valence-corrected chi connectivity index (χ2v) is 4.06. The van der Waals surface area contributed by atoms with Gasteiger partial charge < -0.3 is 10.8 Å². The average Bonchev–Trinajstić information content (AvgIpc) is 2.66. The van der Waals surface area contributed by atoms with Crippen molar-refractivity contribution in [1.82, 2.24) is 4.98 Å². The molecule has 0 radical (unpaired) electrons. The summed E-state index contributed by atoms with van der Waals surface area (Å²) in [6.07, 6.45) is 3.21. The fourth-order valence-corrected chi connectivity index (χ4v) is 2.03. The Hall–Kier alpha value is -1.88. The number of carboxylic acids is 1. The second-order valence-electron chi connectivity index (χ2n) is 2.98. The van der Waals surface area contributed by atoms with Crippen molar-refractivity contribution in [2.24, 2.45) is 0 Å². The summed E-state index contributed by atoms with van der Waals surface area (Å²) in [4.78, 5) is 15.8. The van der Waals surface area contributed by atoms with Gasteiger partial charge in [-0.25, -0.2) is 4.79 Å². The van der Waals surface area contributed by atoms with Gasteiger partial charge in [0.05, 0.1) is 5.69 Å². The molecule has 5 heteroatoms. The molecule has 2 aromatic heterocycles. The first-order valence-corrected chi connectivity index (χ1v) is 5.02. The van der Waals surface area contributed by atoms with Crippen molar-refractivity contribution in [3.8, 4) is 10.4 Å². The maximum Gasteiger partial charge on any atom is 0.345 e. The molecule has 0 bridgehead atoms. The van der Waals surface area contributed by atoms with Gasteiger partial charge in [-0.05, 0) is 18.2 Å². The molecule has 0 aliphatic heterocycles. The molecule has 76 valence electrons. The summed E-state index contributed by atoms with van der Waals surface area (Å²) in [5.74, 6) is -0.914. The Morgan fingerprint density at radius 2 is 2.20 bits per heavy atom. The number of carbonyl (C=O) groups is 1. The molecule has 2 heterocycles. The van der Waals surface area contributed by atoms with Crippen LogP contribution in [0, 0.1) is 0 Å².